The van der Waals surface area contributed by atoms with Crippen molar-refractivity contribution in [2.45, 2.75) is 6.18 Å². The summed E-state index contributed by atoms with van der Waals surface area (Å²) < 4.78 is 41.4. The molecule has 0 aliphatic rings. The number of hydrogen-bond acceptors (Lipinski definition) is 2. The molecule has 2 aromatic heterocycles. The second kappa shape index (κ2) is 6.76. The third-order valence-electron chi connectivity index (χ3n) is 4.05. The molecule has 136 valence electrons. The molecule has 2 heterocycles. The van der Waals surface area contributed by atoms with Crippen LogP contribution in [0.2, 0.25) is 0 Å². The molecule has 0 spiro atoms. The lowest BCUT2D eigenvalue weighted by molar-refractivity contribution is -0.137. The molecule has 0 saturated heterocycles. The van der Waals surface area contributed by atoms with Crippen LogP contribution in [0, 0.1) is 0 Å². The number of pyridine rings is 1. The minimum atomic E-state index is -4.46. The molecule has 27 heavy (non-hydrogen) atoms. The van der Waals surface area contributed by atoms with Gasteiger partial charge in [0.1, 0.15) is 11.3 Å². The van der Waals surface area contributed by atoms with Crippen molar-refractivity contribution in [2.75, 3.05) is 0 Å². The van der Waals surface area contributed by atoms with Gasteiger partial charge in [0, 0.05) is 26.3 Å². The van der Waals surface area contributed by atoms with Gasteiger partial charge in [-0.15, -0.1) is 0 Å². The van der Waals surface area contributed by atoms with Crippen LogP contribution in [0.3, 0.4) is 0 Å². The molecule has 0 fully saturated rings. The molecule has 3 nitrogen and oxygen atoms in total. The first-order valence-corrected chi connectivity index (χ1v) is 9.39. The van der Waals surface area contributed by atoms with Crippen molar-refractivity contribution < 1.29 is 13.2 Å². The third kappa shape index (κ3) is 3.51. The first-order chi connectivity index (χ1) is 12.8. The molecule has 2 aromatic carbocycles. The number of rotatable bonds is 2. The molecule has 0 amide bonds. The minimum Gasteiger partial charge on any atom is -0.338 e. The number of nitrogens with one attached hydrogen (secondary N) is 1. The Morgan fingerprint density at radius 1 is 0.926 bits per heavy atom. The molecule has 0 unspecified atom stereocenters. The maximum atomic E-state index is 13.2. The predicted octanol–water partition coefficient (Wildman–Crippen LogP) is 6.84. The van der Waals surface area contributed by atoms with Crippen molar-refractivity contribution >= 4 is 42.9 Å². The zero-order valence-corrected chi connectivity index (χ0v) is 16.7. The Balaban J connectivity index is 1.75. The summed E-state index contributed by atoms with van der Waals surface area (Å²) in [5.41, 5.74) is 1.94. The van der Waals surface area contributed by atoms with Gasteiger partial charge in [0.2, 0.25) is 0 Å². The highest BCUT2D eigenvalue weighted by atomic mass is 79.9. The average molecular weight is 497 g/mol. The maximum absolute atomic E-state index is 13.2. The first-order valence-electron chi connectivity index (χ1n) is 7.81. The summed E-state index contributed by atoms with van der Waals surface area (Å²) in [7, 11) is 0. The summed E-state index contributed by atoms with van der Waals surface area (Å²) in [4.78, 5) is 11.7. The van der Waals surface area contributed by atoms with Crippen LogP contribution in [0.25, 0.3) is 33.7 Å². The van der Waals surface area contributed by atoms with Gasteiger partial charge in [0.25, 0.3) is 0 Å². The fraction of sp³-hybridized carbons (Fsp3) is 0.0526. The monoisotopic (exact) mass is 495 g/mol. The highest BCUT2D eigenvalue weighted by Crippen LogP contribution is 2.36. The molecule has 0 aliphatic heterocycles. The van der Waals surface area contributed by atoms with Crippen molar-refractivity contribution in [3.63, 3.8) is 0 Å². The smallest absolute Gasteiger partial charge is 0.338 e. The molecule has 0 radical (unpaired) electrons. The van der Waals surface area contributed by atoms with E-state index in [0.29, 0.717) is 11.4 Å². The zero-order chi connectivity index (χ0) is 19.2. The molecule has 0 saturated carbocycles. The highest BCUT2D eigenvalue weighted by Gasteiger charge is 2.34. The normalized spacial score (nSPS) is 11.9. The molecular formula is C19H10Br2F3N3. The lowest BCUT2D eigenvalue weighted by atomic mass is 10.0. The van der Waals surface area contributed by atoms with E-state index in [9.17, 15) is 13.2 Å². The van der Waals surface area contributed by atoms with E-state index in [0.717, 1.165) is 31.6 Å². The Labute approximate surface area is 168 Å². The van der Waals surface area contributed by atoms with E-state index >= 15 is 0 Å². The fourth-order valence-electron chi connectivity index (χ4n) is 2.83. The van der Waals surface area contributed by atoms with E-state index in [2.05, 4.69) is 46.8 Å². The topological polar surface area (TPSA) is 41.6 Å². The number of fused-ring (bicyclic) bond motifs is 1. The van der Waals surface area contributed by atoms with E-state index in [1.807, 2.05) is 12.1 Å². The summed E-state index contributed by atoms with van der Waals surface area (Å²) >= 11 is 6.91. The molecule has 4 rings (SSSR count). The van der Waals surface area contributed by atoms with Gasteiger partial charge in [-0.2, -0.15) is 13.2 Å². The van der Waals surface area contributed by atoms with Gasteiger partial charge < -0.3 is 4.98 Å². The summed E-state index contributed by atoms with van der Waals surface area (Å²) in [5.74, 6) is 0.632. The fourth-order valence-corrected chi connectivity index (χ4v) is 4.14. The van der Waals surface area contributed by atoms with Gasteiger partial charge in [0.15, 0.2) is 0 Å². The Kier molecular flexibility index (Phi) is 4.55. The molecule has 4 aromatic rings. The predicted molar refractivity (Wildman–Crippen MR) is 105 cm³/mol. The Morgan fingerprint density at radius 3 is 2.33 bits per heavy atom. The summed E-state index contributed by atoms with van der Waals surface area (Å²) in [6, 6.07) is 12.8. The number of benzene rings is 2. The van der Waals surface area contributed by atoms with Crippen LogP contribution in [0.5, 0.6) is 0 Å². The van der Waals surface area contributed by atoms with Crippen LogP contribution in [-0.4, -0.2) is 15.0 Å². The number of hydrogen-bond donors (Lipinski definition) is 1. The molecule has 1 N–H and O–H groups in total. The van der Waals surface area contributed by atoms with Crippen molar-refractivity contribution in [2.24, 2.45) is 0 Å². The molecule has 8 heteroatoms. The number of aromatic nitrogens is 3. The van der Waals surface area contributed by atoms with Crippen LogP contribution >= 0.6 is 31.9 Å². The quantitative estimate of drug-likeness (QED) is 0.330. The molecular weight excluding hydrogens is 487 g/mol. The Bertz CT molecular complexity index is 1140. The lowest BCUT2D eigenvalue weighted by Gasteiger charge is -2.11. The van der Waals surface area contributed by atoms with E-state index in [1.165, 1.54) is 12.3 Å². The van der Waals surface area contributed by atoms with Crippen molar-refractivity contribution in [3.8, 4) is 22.6 Å². The number of imidazole rings is 1. The molecule has 0 aliphatic carbocycles. The number of halogens is 5. The number of nitrogens with zero attached hydrogens (tertiary/aromatic N) is 2. The maximum Gasteiger partial charge on any atom is 0.418 e. The summed E-state index contributed by atoms with van der Waals surface area (Å²) in [6.45, 7) is 0. The van der Waals surface area contributed by atoms with Gasteiger partial charge in [-0.1, -0.05) is 40.2 Å². The van der Waals surface area contributed by atoms with Crippen LogP contribution in [-0.2, 0) is 6.18 Å². The van der Waals surface area contributed by atoms with Crippen LogP contribution in [0.1, 0.15) is 5.56 Å². The van der Waals surface area contributed by atoms with Gasteiger partial charge in [0.05, 0.1) is 16.8 Å². The summed E-state index contributed by atoms with van der Waals surface area (Å²) in [6.07, 6.45) is -3.10. The van der Waals surface area contributed by atoms with Gasteiger partial charge in [-0.3, -0.25) is 4.98 Å². The van der Waals surface area contributed by atoms with Gasteiger partial charge in [-0.05, 0) is 40.2 Å². The van der Waals surface area contributed by atoms with E-state index in [1.54, 1.807) is 24.3 Å². The second-order valence-electron chi connectivity index (χ2n) is 5.84. The van der Waals surface area contributed by atoms with Gasteiger partial charge in [-0.25, -0.2) is 4.98 Å². The second-order valence-corrected chi connectivity index (χ2v) is 7.61. The van der Waals surface area contributed by atoms with Crippen molar-refractivity contribution in [1.29, 1.82) is 0 Å². The Morgan fingerprint density at radius 2 is 1.63 bits per heavy atom. The van der Waals surface area contributed by atoms with Crippen LogP contribution in [0.4, 0.5) is 13.2 Å². The largest absolute Gasteiger partial charge is 0.418 e. The lowest BCUT2D eigenvalue weighted by Crippen LogP contribution is -2.08. The minimum absolute atomic E-state index is 0.0900. The third-order valence-corrected chi connectivity index (χ3v) is 5.11. The summed E-state index contributed by atoms with van der Waals surface area (Å²) in [5, 5.41) is 0. The van der Waals surface area contributed by atoms with Crippen molar-refractivity contribution in [1.82, 2.24) is 15.0 Å². The van der Waals surface area contributed by atoms with Gasteiger partial charge >= 0.3 is 6.18 Å². The van der Waals surface area contributed by atoms with E-state index < -0.39 is 11.7 Å². The van der Waals surface area contributed by atoms with Crippen molar-refractivity contribution in [3.05, 3.63) is 69.2 Å². The highest BCUT2D eigenvalue weighted by molar-refractivity contribution is 9.11. The number of H-pyrrole nitrogens is 1. The van der Waals surface area contributed by atoms with E-state index in [4.69, 9.17) is 0 Å². The molecule has 0 atom stereocenters. The zero-order valence-electron chi connectivity index (χ0n) is 13.5. The SMILES string of the molecule is FC(F)(F)c1cccnc1-c1ccc(-c2nc3c(Br)cc(Br)cc3[nH]2)cc1. The first kappa shape index (κ1) is 18.2. The number of alkyl halides is 3. The van der Waals surface area contributed by atoms with E-state index in [-0.39, 0.29) is 5.69 Å². The molecule has 0 bridgehead atoms. The van der Waals surface area contributed by atoms with Crippen LogP contribution < -0.4 is 0 Å². The van der Waals surface area contributed by atoms with Crippen LogP contribution in [0.15, 0.2) is 63.7 Å². The Hall–Kier alpha value is -2.19. The average Bonchev–Trinajstić information content (AvgIpc) is 3.05. The standard InChI is InChI=1S/C19H10Br2F3N3/c20-12-8-14(21)17-15(9-12)26-18(27-17)11-5-3-10(4-6-11)16-13(19(22,23)24)2-1-7-25-16/h1-9H,(H,26,27). The number of aromatic amines is 1.